The fourth-order valence-electron chi connectivity index (χ4n) is 1.79. The van der Waals surface area contributed by atoms with Crippen molar-refractivity contribution in [1.29, 1.82) is 0 Å². The van der Waals surface area contributed by atoms with Crippen LogP contribution in [0.15, 0.2) is 0 Å². The second-order valence-corrected chi connectivity index (χ2v) is 3.34. The molecule has 1 saturated carbocycles. The van der Waals surface area contributed by atoms with Crippen molar-refractivity contribution in [2.24, 2.45) is 5.92 Å². The Balaban J connectivity index is 0.000000561. The molecule has 2 nitrogen and oxygen atoms in total. The lowest BCUT2D eigenvalue weighted by molar-refractivity contribution is 0.301. The molecule has 1 unspecified atom stereocenters. The minimum Gasteiger partial charge on any atom is -0.427 e. The molecule has 0 bridgehead atoms. The average Bonchev–Trinajstić information content (AvgIpc) is 2.08. The van der Waals surface area contributed by atoms with Gasteiger partial charge in [-0.3, -0.25) is 0 Å². The van der Waals surface area contributed by atoms with E-state index in [1.165, 1.54) is 6.42 Å². The van der Waals surface area contributed by atoms with Crippen LogP contribution in [0.4, 0.5) is 0 Å². The van der Waals surface area contributed by atoms with Gasteiger partial charge in [0.1, 0.15) is 0 Å². The highest BCUT2D eigenvalue weighted by Crippen LogP contribution is 2.34. The van der Waals surface area contributed by atoms with Crippen molar-refractivity contribution in [3.8, 4) is 0 Å². The summed E-state index contributed by atoms with van der Waals surface area (Å²) in [7, 11) is -1.09. The van der Waals surface area contributed by atoms with E-state index < -0.39 is 7.12 Å². The van der Waals surface area contributed by atoms with Crippen molar-refractivity contribution in [2.45, 2.75) is 52.3 Å². The van der Waals surface area contributed by atoms with Crippen LogP contribution < -0.4 is 0 Å². The summed E-state index contributed by atoms with van der Waals surface area (Å²) < 4.78 is 0. The van der Waals surface area contributed by atoms with Crippen molar-refractivity contribution < 1.29 is 10.0 Å². The second kappa shape index (κ2) is 6.50. The van der Waals surface area contributed by atoms with Crippen LogP contribution in [0.3, 0.4) is 0 Å². The fourth-order valence-corrected chi connectivity index (χ4v) is 1.79. The van der Waals surface area contributed by atoms with Gasteiger partial charge in [-0.25, -0.2) is 0 Å². The van der Waals surface area contributed by atoms with Crippen LogP contribution in [0.1, 0.15) is 46.5 Å². The summed E-state index contributed by atoms with van der Waals surface area (Å²) in [5.74, 6) is 0.627. The molecule has 0 aromatic heterocycles. The molecule has 2 N–H and O–H groups in total. The predicted octanol–water partition coefficient (Wildman–Crippen LogP) is 2.07. The van der Waals surface area contributed by atoms with E-state index in [0.29, 0.717) is 5.92 Å². The number of hydrogen-bond donors (Lipinski definition) is 2. The normalized spacial score (nSPS) is 28.8. The van der Waals surface area contributed by atoms with E-state index in [4.69, 9.17) is 10.0 Å². The third kappa shape index (κ3) is 3.59. The van der Waals surface area contributed by atoms with Crippen molar-refractivity contribution in [3.05, 3.63) is 0 Å². The zero-order valence-corrected chi connectivity index (χ0v) is 8.45. The van der Waals surface area contributed by atoms with Gasteiger partial charge in [0.15, 0.2) is 0 Å². The SMILES string of the molecule is CC.C[C@H]1CCCCC1B(O)O. The standard InChI is InChI=1S/C7H15BO2.C2H6/c1-6-4-2-3-5-7(6)8(9)10;1-2/h6-7,9-10H,2-5H2,1H3;1-2H3/t6-,7?;/m0./s1. The van der Waals surface area contributed by atoms with Crippen molar-refractivity contribution in [3.63, 3.8) is 0 Å². The lowest BCUT2D eigenvalue weighted by atomic mass is 9.60. The number of rotatable bonds is 1. The van der Waals surface area contributed by atoms with E-state index in [0.717, 1.165) is 19.3 Å². The monoisotopic (exact) mass is 172 g/mol. The van der Waals surface area contributed by atoms with E-state index >= 15 is 0 Å². The lowest BCUT2D eigenvalue weighted by Gasteiger charge is -2.27. The first-order valence-corrected chi connectivity index (χ1v) is 5.08. The Hall–Kier alpha value is -0.0151. The van der Waals surface area contributed by atoms with Crippen LogP contribution in [0, 0.1) is 5.92 Å². The molecule has 1 aliphatic carbocycles. The first kappa shape index (κ1) is 12.0. The Morgan fingerprint density at radius 2 is 1.58 bits per heavy atom. The van der Waals surface area contributed by atoms with Crippen LogP contribution in [0.25, 0.3) is 0 Å². The molecule has 12 heavy (non-hydrogen) atoms. The third-order valence-corrected chi connectivity index (χ3v) is 2.56. The molecule has 0 heterocycles. The Bertz CT molecular complexity index is 107. The van der Waals surface area contributed by atoms with Crippen molar-refractivity contribution in [1.82, 2.24) is 0 Å². The zero-order chi connectivity index (χ0) is 9.56. The summed E-state index contributed by atoms with van der Waals surface area (Å²) in [4.78, 5) is 0. The molecule has 1 fully saturated rings. The molecule has 0 aliphatic heterocycles. The Kier molecular flexibility index (Phi) is 6.49. The molecule has 1 aliphatic rings. The van der Waals surface area contributed by atoms with Gasteiger partial charge >= 0.3 is 7.12 Å². The van der Waals surface area contributed by atoms with Gasteiger partial charge in [-0.1, -0.05) is 46.5 Å². The fraction of sp³-hybridized carbons (Fsp3) is 1.00. The molecule has 3 heteroatoms. The molecule has 2 atom stereocenters. The minimum atomic E-state index is -1.09. The average molecular weight is 172 g/mol. The van der Waals surface area contributed by atoms with E-state index in [1.54, 1.807) is 0 Å². The van der Waals surface area contributed by atoms with Gasteiger partial charge in [-0.05, 0) is 11.7 Å². The van der Waals surface area contributed by atoms with E-state index in [1.807, 2.05) is 13.8 Å². The number of hydrogen-bond acceptors (Lipinski definition) is 2. The van der Waals surface area contributed by atoms with Gasteiger partial charge < -0.3 is 10.0 Å². The molecule has 1 rings (SSSR count). The van der Waals surface area contributed by atoms with Gasteiger partial charge in [-0.2, -0.15) is 0 Å². The summed E-state index contributed by atoms with van der Waals surface area (Å²) in [6.07, 6.45) is 4.55. The summed E-state index contributed by atoms with van der Waals surface area (Å²) in [5.41, 5.74) is 0. The van der Waals surface area contributed by atoms with Gasteiger partial charge in [-0.15, -0.1) is 0 Å². The molecule has 0 saturated heterocycles. The highest BCUT2D eigenvalue weighted by Gasteiger charge is 2.30. The molecule has 0 spiro atoms. The van der Waals surface area contributed by atoms with E-state index in [2.05, 4.69) is 6.92 Å². The van der Waals surface area contributed by atoms with Crippen LogP contribution in [-0.2, 0) is 0 Å². The predicted molar refractivity (Wildman–Crippen MR) is 52.9 cm³/mol. The van der Waals surface area contributed by atoms with Gasteiger partial charge in [0.25, 0.3) is 0 Å². The second-order valence-electron chi connectivity index (χ2n) is 3.34. The van der Waals surface area contributed by atoms with Gasteiger partial charge in [0.05, 0.1) is 0 Å². The highest BCUT2D eigenvalue weighted by atomic mass is 16.4. The van der Waals surface area contributed by atoms with Crippen LogP contribution in [0.5, 0.6) is 0 Å². The van der Waals surface area contributed by atoms with Crippen LogP contribution in [0.2, 0.25) is 5.82 Å². The summed E-state index contributed by atoms with van der Waals surface area (Å²) in [5, 5.41) is 17.8. The molecule has 0 radical (unpaired) electrons. The van der Waals surface area contributed by atoms with E-state index in [9.17, 15) is 0 Å². The first-order valence-electron chi connectivity index (χ1n) is 5.08. The largest absolute Gasteiger partial charge is 0.455 e. The minimum absolute atomic E-state index is 0.133. The first-order chi connectivity index (χ1) is 5.72. The molecular formula is C9H21BO2. The molecular weight excluding hydrogens is 151 g/mol. The van der Waals surface area contributed by atoms with E-state index in [-0.39, 0.29) is 5.82 Å². The topological polar surface area (TPSA) is 40.5 Å². The maximum absolute atomic E-state index is 8.90. The van der Waals surface area contributed by atoms with Crippen LogP contribution in [-0.4, -0.2) is 17.2 Å². The van der Waals surface area contributed by atoms with Gasteiger partial charge in [0.2, 0.25) is 0 Å². The quantitative estimate of drug-likeness (QED) is 0.594. The Morgan fingerprint density at radius 3 is 1.92 bits per heavy atom. The summed E-state index contributed by atoms with van der Waals surface area (Å²) in [6, 6.07) is 0. The highest BCUT2D eigenvalue weighted by molar-refractivity contribution is 6.43. The maximum Gasteiger partial charge on any atom is 0.455 e. The zero-order valence-electron chi connectivity index (χ0n) is 8.45. The molecule has 0 aromatic rings. The van der Waals surface area contributed by atoms with Crippen molar-refractivity contribution in [2.75, 3.05) is 0 Å². The molecule has 72 valence electrons. The van der Waals surface area contributed by atoms with Crippen molar-refractivity contribution >= 4 is 7.12 Å². The summed E-state index contributed by atoms with van der Waals surface area (Å²) in [6.45, 7) is 6.10. The Morgan fingerprint density at radius 1 is 1.08 bits per heavy atom. The maximum atomic E-state index is 8.90. The molecule has 0 aromatic carbocycles. The van der Waals surface area contributed by atoms with Gasteiger partial charge in [0, 0.05) is 0 Å². The lowest BCUT2D eigenvalue weighted by Crippen LogP contribution is -2.27. The molecule has 0 amide bonds. The van der Waals surface area contributed by atoms with Crippen LogP contribution >= 0.6 is 0 Å². The smallest absolute Gasteiger partial charge is 0.427 e. The third-order valence-electron chi connectivity index (χ3n) is 2.56. The Labute approximate surface area is 76.1 Å². The summed E-state index contributed by atoms with van der Waals surface area (Å²) >= 11 is 0.